The predicted molar refractivity (Wildman–Crippen MR) is 58.4 cm³/mol. The van der Waals surface area contributed by atoms with Crippen LogP contribution in [0.5, 0.6) is 0 Å². The number of hydrogen-bond donors (Lipinski definition) is 0. The Balaban J connectivity index is 2.27. The van der Waals surface area contributed by atoms with E-state index in [0.29, 0.717) is 6.54 Å². The van der Waals surface area contributed by atoms with E-state index in [1.54, 1.807) is 6.26 Å². The molecule has 1 rings (SSSR count). The Hall–Kier alpha value is -1.45. The summed E-state index contributed by atoms with van der Waals surface area (Å²) in [6, 6.07) is 1.99. The van der Waals surface area contributed by atoms with Gasteiger partial charge < -0.3 is 9.32 Å². The molecule has 0 N–H and O–H groups in total. The minimum absolute atomic E-state index is 0.561. The molecule has 0 aromatic carbocycles. The maximum Gasteiger partial charge on any atom is 0.105 e. The van der Waals surface area contributed by atoms with Crippen molar-refractivity contribution in [1.29, 1.82) is 0 Å². The predicted octanol–water partition coefficient (Wildman–Crippen LogP) is 2.72. The van der Waals surface area contributed by atoms with Gasteiger partial charge in [-0.25, -0.2) is 0 Å². The van der Waals surface area contributed by atoms with E-state index in [9.17, 15) is 0 Å². The van der Waals surface area contributed by atoms with Gasteiger partial charge in [0.2, 0.25) is 0 Å². The first-order valence-electron chi connectivity index (χ1n) is 4.96. The van der Waals surface area contributed by atoms with E-state index in [1.807, 2.05) is 20.0 Å². The first-order chi connectivity index (χ1) is 7.24. The zero-order valence-electron chi connectivity index (χ0n) is 9.18. The van der Waals surface area contributed by atoms with Crippen molar-refractivity contribution in [3.63, 3.8) is 0 Å². The molecule has 0 saturated heterocycles. The lowest BCUT2D eigenvalue weighted by molar-refractivity contribution is 0.321. The Bertz CT molecular complexity index is 341. The summed E-state index contributed by atoms with van der Waals surface area (Å²) < 4.78 is 5.22. The van der Waals surface area contributed by atoms with Gasteiger partial charge in [0.1, 0.15) is 5.76 Å². The molecule has 5 heteroatoms. The second-order valence-corrected chi connectivity index (χ2v) is 3.55. The number of hydrogen-bond acceptors (Lipinski definition) is 3. The number of furan rings is 1. The average Bonchev–Trinajstić information content (AvgIpc) is 2.59. The molecular formula is C10H16N4O. The summed E-state index contributed by atoms with van der Waals surface area (Å²) in [5.41, 5.74) is 9.32. The van der Waals surface area contributed by atoms with Crippen LogP contribution in [0.2, 0.25) is 0 Å². The van der Waals surface area contributed by atoms with Crippen LogP contribution in [0.4, 0.5) is 0 Å². The fraction of sp³-hybridized carbons (Fsp3) is 0.600. The fourth-order valence-corrected chi connectivity index (χ4v) is 1.40. The van der Waals surface area contributed by atoms with Crippen LogP contribution in [0, 0.1) is 6.92 Å². The number of rotatable bonds is 6. The number of aryl methyl sites for hydroxylation is 1. The molecule has 0 amide bonds. The monoisotopic (exact) mass is 208 g/mol. The van der Waals surface area contributed by atoms with Crippen LogP contribution < -0.4 is 0 Å². The zero-order chi connectivity index (χ0) is 11.1. The molecule has 0 bridgehead atoms. The van der Waals surface area contributed by atoms with Gasteiger partial charge >= 0.3 is 0 Å². The van der Waals surface area contributed by atoms with Gasteiger partial charge in [0.05, 0.1) is 6.26 Å². The van der Waals surface area contributed by atoms with Crippen molar-refractivity contribution >= 4 is 0 Å². The third-order valence-electron chi connectivity index (χ3n) is 2.27. The molecule has 5 nitrogen and oxygen atoms in total. The molecule has 0 aliphatic rings. The van der Waals surface area contributed by atoms with Crippen LogP contribution in [0.3, 0.4) is 0 Å². The molecular weight excluding hydrogens is 192 g/mol. The minimum Gasteiger partial charge on any atom is -0.469 e. The SMILES string of the molecule is Cc1occc1CN(C)CCCN=[N+]=[N-]. The van der Waals surface area contributed by atoms with E-state index in [0.717, 1.165) is 25.3 Å². The standard InChI is InChI=1S/C10H16N4O/c1-9-10(4-7-15-9)8-14(2)6-3-5-12-13-11/h4,7H,3,5-6,8H2,1-2H3. The van der Waals surface area contributed by atoms with Gasteiger partial charge in [0.25, 0.3) is 0 Å². The van der Waals surface area contributed by atoms with E-state index in [4.69, 9.17) is 9.95 Å². The lowest BCUT2D eigenvalue weighted by atomic mass is 10.2. The molecule has 0 unspecified atom stereocenters. The van der Waals surface area contributed by atoms with Crippen molar-refractivity contribution in [3.8, 4) is 0 Å². The third-order valence-corrected chi connectivity index (χ3v) is 2.27. The Morgan fingerprint density at radius 3 is 3.00 bits per heavy atom. The molecule has 1 aromatic rings. The first-order valence-corrected chi connectivity index (χ1v) is 4.96. The van der Waals surface area contributed by atoms with Crippen molar-refractivity contribution in [1.82, 2.24) is 4.90 Å². The first kappa shape index (κ1) is 11.6. The van der Waals surface area contributed by atoms with Crippen molar-refractivity contribution in [2.75, 3.05) is 20.1 Å². The number of azide groups is 1. The van der Waals surface area contributed by atoms with Gasteiger partial charge in [-0.2, -0.15) is 0 Å². The van der Waals surface area contributed by atoms with E-state index in [2.05, 4.69) is 14.9 Å². The van der Waals surface area contributed by atoms with Gasteiger partial charge in [-0.3, -0.25) is 0 Å². The van der Waals surface area contributed by atoms with Crippen LogP contribution in [-0.2, 0) is 6.54 Å². The zero-order valence-corrected chi connectivity index (χ0v) is 9.18. The topological polar surface area (TPSA) is 65.1 Å². The highest BCUT2D eigenvalue weighted by molar-refractivity contribution is 5.14. The normalized spacial score (nSPS) is 10.3. The lowest BCUT2D eigenvalue weighted by Crippen LogP contribution is -2.19. The summed E-state index contributed by atoms with van der Waals surface area (Å²) >= 11 is 0. The highest BCUT2D eigenvalue weighted by Gasteiger charge is 2.04. The van der Waals surface area contributed by atoms with Crippen molar-refractivity contribution in [3.05, 3.63) is 34.1 Å². The van der Waals surface area contributed by atoms with Crippen LogP contribution in [0.1, 0.15) is 17.7 Å². The highest BCUT2D eigenvalue weighted by atomic mass is 16.3. The van der Waals surface area contributed by atoms with Gasteiger partial charge in [-0.15, -0.1) is 0 Å². The maximum absolute atomic E-state index is 8.11. The van der Waals surface area contributed by atoms with Crippen LogP contribution >= 0.6 is 0 Å². The Labute approximate surface area is 89.3 Å². The van der Waals surface area contributed by atoms with E-state index >= 15 is 0 Å². The third kappa shape index (κ3) is 4.06. The van der Waals surface area contributed by atoms with Crippen molar-refractivity contribution in [2.45, 2.75) is 19.9 Å². The maximum atomic E-state index is 8.11. The molecule has 15 heavy (non-hydrogen) atoms. The molecule has 0 saturated carbocycles. The van der Waals surface area contributed by atoms with Gasteiger partial charge in [0.15, 0.2) is 0 Å². The molecule has 0 atom stereocenters. The molecule has 0 fully saturated rings. The van der Waals surface area contributed by atoms with Gasteiger partial charge in [-0.1, -0.05) is 5.11 Å². The van der Waals surface area contributed by atoms with Crippen LogP contribution in [0.25, 0.3) is 10.4 Å². The average molecular weight is 208 g/mol. The van der Waals surface area contributed by atoms with E-state index in [-0.39, 0.29) is 0 Å². The largest absolute Gasteiger partial charge is 0.469 e. The smallest absolute Gasteiger partial charge is 0.105 e. The van der Waals surface area contributed by atoms with E-state index in [1.165, 1.54) is 5.56 Å². The lowest BCUT2D eigenvalue weighted by Gasteiger charge is -2.15. The van der Waals surface area contributed by atoms with Gasteiger partial charge in [-0.05, 0) is 38.5 Å². The summed E-state index contributed by atoms with van der Waals surface area (Å²) in [6.45, 7) is 4.32. The summed E-state index contributed by atoms with van der Waals surface area (Å²) in [5, 5.41) is 3.49. The highest BCUT2D eigenvalue weighted by Crippen LogP contribution is 2.10. The van der Waals surface area contributed by atoms with Crippen LogP contribution in [0.15, 0.2) is 21.9 Å². The Morgan fingerprint density at radius 1 is 1.60 bits per heavy atom. The second-order valence-electron chi connectivity index (χ2n) is 3.55. The molecule has 1 heterocycles. The molecule has 1 aromatic heterocycles. The molecule has 0 spiro atoms. The Morgan fingerprint density at radius 2 is 2.40 bits per heavy atom. The summed E-state index contributed by atoms with van der Waals surface area (Å²) in [7, 11) is 2.04. The molecule has 0 aliphatic carbocycles. The van der Waals surface area contributed by atoms with Crippen molar-refractivity contribution in [2.24, 2.45) is 5.11 Å². The van der Waals surface area contributed by atoms with E-state index < -0.39 is 0 Å². The van der Waals surface area contributed by atoms with Crippen molar-refractivity contribution < 1.29 is 4.42 Å². The fourth-order valence-electron chi connectivity index (χ4n) is 1.40. The summed E-state index contributed by atoms with van der Waals surface area (Å²) in [5.74, 6) is 0.969. The second kappa shape index (κ2) is 6.11. The number of nitrogens with zero attached hydrogens (tertiary/aromatic N) is 4. The quantitative estimate of drug-likeness (QED) is 0.312. The summed E-state index contributed by atoms with van der Waals surface area (Å²) in [6.07, 6.45) is 2.59. The van der Waals surface area contributed by atoms with Crippen LogP contribution in [-0.4, -0.2) is 25.0 Å². The molecule has 0 aliphatic heterocycles. The summed E-state index contributed by atoms with van der Waals surface area (Å²) in [4.78, 5) is 4.90. The molecule has 82 valence electrons. The van der Waals surface area contributed by atoms with Gasteiger partial charge in [0, 0.05) is 23.6 Å². The minimum atomic E-state index is 0.561. The molecule has 0 radical (unpaired) electrons. The Kier molecular flexibility index (Phi) is 4.74.